The number of ether oxygens (including phenoxy) is 2. The van der Waals surface area contributed by atoms with E-state index in [0.717, 1.165) is 25.0 Å². The van der Waals surface area contributed by atoms with Crippen LogP contribution >= 0.6 is 23.2 Å². The van der Waals surface area contributed by atoms with E-state index in [1.54, 1.807) is 13.2 Å². The molecule has 19 heavy (non-hydrogen) atoms. The molecule has 0 amide bonds. The van der Waals surface area contributed by atoms with E-state index >= 15 is 0 Å². The van der Waals surface area contributed by atoms with E-state index in [1.807, 2.05) is 13.1 Å². The summed E-state index contributed by atoms with van der Waals surface area (Å²) in [6.07, 6.45) is 2.06. The van der Waals surface area contributed by atoms with Gasteiger partial charge in [0, 0.05) is 17.7 Å². The number of rotatable bonds is 4. The molecule has 1 aliphatic heterocycles. The maximum atomic E-state index is 6.36. The summed E-state index contributed by atoms with van der Waals surface area (Å²) in [6, 6.07) is 3.62. The zero-order chi connectivity index (χ0) is 14.0. The third-order valence-corrected chi connectivity index (χ3v) is 4.35. The summed E-state index contributed by atoms with van der Waals surface area (Å²) in [5.41, 5.74) is 0.690. The second-order valence-corrected chi connectivity index (χ2v) is 5.81. The lowest BCUT2D eigenvalue weighted by Crippen LogP contribution is -2.39. The molecule has 1 N–H and O–H groups in total. The van der Waals surface area contributed by atoms with Gasteiger partial charge >= 0.3 is 0 Å². The van der Waals surface area contributed by atoms with Crippen molar-refractivity contribution in [3.8, 4) is 5.75 Å². The first-order chi connectivity index (χ1) is 9.01. The third-order valence-electron chi connectivity index (χ3n) is 3.73. The molecule has 5 heteroatoms. The van der Waals surface area contributed by atoms with Crippen molar-refractivity contribution in [1.29, 1.82) is 0 Å². The number of hydrogen-bond acceptors (Lipinski definition) is 3. The summed E-state index contributed by atoms with van der Waals surface area (Å²) in [4.78, 5) is 0. The first-order valence-electron chi connectivity index (χ1n) is 6.36. The molecule has 106 valence electrons. The van der Waals surface area contributed by atoms with E-state index in [1.165, 1.54) is 0 Å². The average molecular weight is 304 g/mol. The van der Waals surface area contributed by atoms with Crippen molar-refractivity contribution in [3.63, 3.8) is 0 Å². The molecular formula is C14H19Cl2NO2. The largest absolute Gasteiger partial charge is 0.495 e. The molecule has 1 fully saturated rings. The van der Waals surface area contributed by atoms with Crippen LogP contribution in [0.25, 0.3) is 0 Å². The van der Waals surface area contributed by atoms with Crippen LogP contribution in [0.4, 0.5) is 0 Å². The molecule has 1 heterocycles. The molecule has 1 aromatic rings. The van der Waals surface area contributed by atoms with Crippen LogP contribution in [-0.4, -0.2) is 26.4 Å². The van der Waals surface area contributed by atoms with Crippen LogP contribution in [0, 0.1) is 0 Å². The summed E-state index contributed by atoms with van der Waals surface area (Å²) in [6.45, 7) is 2.89. The summed E-state index contributed by atoms with van der Waals surface area (Å²) < 4.78 is 11.1. The Bertz CT molecular complexity index is 459. The maximum Gasteiger partial charge on any atom is 0.138 e. The molecule has 1 aliphatic rings. The Labute approximate surface area is 124 Å². The number of nitrogens with one attached hydrogen (secondary N) is 1. The van der Waals surface area contributed by atoms with Crippen LogP contribution in [0.15, 0.2) is 12.1 Å². The predicted molar refractivity (Wildman–Crippen MR) is 78.4 cm³/mol. The molecular weight excluding hydrogens is 285 g/mol. The minimum absolute atomic E-state index is 0.00547. The Balaban J connectivity index is 2.41. The minimum atomic E-state index is -0.254. The van der Waals surface area contributed by atoms with Crippen molar-refractivity contribution in [1.82, 2.24) is 5.32 Å². The average Bonchev–Trinajstić information content (AvgIpc) is 2.81. The van der Waals surface area contributed by atoms with Crippen molar-refractivity contribution in [2.24, 2.45) is 0 Å². The second-order valence-electron chi connectivity index (χ2n) is 4.99. The predicted octanol–water partition coefficient (Wildman–Crippen LogP) is 3.83. The molecule has 0 aromatic heterocycles. The summed E-state index contributed by atoms with van der Waals surface area (Å²) in [7, 11) is 3.49. The highest BCUT2D eigenvalue weighted by Crippen LogP contribution is 2.42. The van der Waals surface area contributed by atoms with Crippen LogP contribution in [0.3, 0.4) is 0 Å². The Hall–Kier alpha value is -0.480. The molecule has 2 atom stereocenters. The van der Waals surface area contributed by atoms with E-state index in [-0.39, 0.29) is 11.6 Å². The lowest BCUT2D eigenvalue weighted by atomic mass is 9.87. The van der Waals surface area contributed by atoms with Gasteiger partial charge in [-0.1, -0.05) is 23.2 Å². The molecule has 0 aliphatic carbocycles. The zero-order valence-corrected chi connectivity index (χ0v) is 12.9. The molecule has 0 bridgehead atoms. The lowest BCUT2D eigenvalue weighted by Gasteiger charge is -2.34. The second kappa shape index (κ2) is 5.88. The van der Waals surface area contributed by atoms with Gasteiger partial charge in [-0.3, -0.25) is 0 Å². The quantitative estimate of drug-likeness (QED) is 0.917. The molecule has 2 unspecified atom stereocenters. The fraction of sp³-hybridized carbons (Fsp3) is 0.571. The highest BCUT2D eigenvalue weighted by atomic mass is 35.5. The summed E-state index contributed by atoms with van der Waals surface area (Å²) in [5, 5.41) is 4.49. The number of halogens is 2. The monoisotopic (exact) mass is 303 g/mol. The highest BCUT2D eigenvalue weighted by Gasteiger charge is 2.39. The van der Waals surface area contributed by atoms with Crippen molar-refractivity contribution in [2.45, 2.75) is 31.4 Å². The number of methoxy groups -OCH3 is 1. The van der Waals surface area contributed by atoms with Gasteiger partial charge in [0.25, 0.3) is 0 Å². The Morgan fingerprint density at radius 1 is 1.37 bits per heavy atom. The van der Waals surface area contributed by atoms with Gasteiger partial charge in [-0.25, -0.2) is 0 Å². The molecule has 2 rings (SSSR count). The zero-order valence-electron chi connectivity index (χ0n) is 11.4. The van der Waals surface area contributed by atoms with Gasteiger partial charge in [0.1, 0.15) is 5.75 Å². The van der Waals surface area contributed by atoms with Gasteiger partial charge in [0.05, 0.1) is 23.8 Å². The first kappa shape index (κ1) is 14.9. The topological polar surface area (TPSA) is 30.5 Å². The van der Waals surface area contributed by atoms with E-state index < -0.39 is 0 Å². The minimum Gasteiger partial charge on any atom is -0.495 e. The fourth-order valence-corrected chi connectivity index (χ4v) is 3.25. The summed E-state index contributed by atoms with van der Waals surface area (Å²) >= 11 is 12.6. The van der Waals surface area contributed by atoms with Crippen LogP contribution < -0.4 is 10.1 Å². The van der Waals surface area contributed by atoms with Gasteiger partial charge in [-0.05, 0) is 38.4 Å². The van der Waals surface area contributed by atoms with Crippen molar-refractivity contribution >= 4 is 23.2 Å². The van der Waals surface area contributed by atoms with Gasteiger partial charge in [-0.15, -0.1) is 0 Å². The van der Waals surface area contributed by atoms with Crippen molar-refractivity contribution < 1.29 is 9.47 Å². The number of likely N-dealkylation sites (N-methyl/N-ethyl adjacent to an activating group) is 1. The first-order valence-corrected chi connectivity index (χ1v) is 7.11. The van der Waals surface area contributed by atoms with Gasteiger partial charge < -0.3 is 14.8 Å². The molecule has 1 saturated heterocycles. The normalized spacial score (nSPS) is 24.5. The van der Waals surface area contributed by atoms with Crippen LogP contribution in [0.5, 0.6) is 5.75 Å². The van der Waals surface area contributed by atoms with Crippen LogP contribution in [0.2, 0.25) is 10.0 Å². The lowest BCUT2D eigenvalue weighted by molar-refractivity contribution is -0.0104. The van der Waals surface area contributed by atoms with E-state index in [9.17, 15) is 0 Å². The van der Waals surface area contributed by atoms with Crippen molar-refractivity contribution in [2.75, 3.05) is 20.8 Å². The SMILES string of the molecule is CNC(c1cc(Cl)c(OC)cc1Cl)C1(C)CCCO1. The maximum absolute atomic E-state index is 6.36. The molecule has 0 spiro atoms. The molecule has 3 nitrogen and oxygen atoms in total. The van der Waals surface area contributed by atoms with E-state index in [0.29, 0.717) is 15.8 Å². The number of hydrogen-bond donors (Lipinski definition) is 1. The molecule has 1 aromatic carbocycles. The van der Waals surface area contributed by atoms with E-state index in [2.05, 4.69) is 12.2 Å². The van der Waals surface area contributed by atoms with Crippen molar-refractivity contribution in [3.05, 3.63) is 27.7 Å². The fourth-order valence-electron chi connectivity index (χ4n) is 2.74. The van der Waals surface area contributed by atoms with Gasteiger partial charge in [0.15, 0.2) is 0 Å². The molecule has 0 saturated carbocycles. The van der Waals surface area contributed by atoms with Crippen LogP contribution in [0.1, 0.15) is 31.4 Å². The smallest absolute Gasteiger partial charge is 0.138 e. The number of benzene rings is 1. The Morgan fingerprint density at radius 3 is 2.63 bits per heavy atom. The van der Waals surface area contributed by atoms with Crippen LogP contribution in [-0.2, 0) is 4.74 Å². The Kier molecular flexibility index (Phi) is 4.62. The van der Waals surface area contributed by atoms with E-state index in [4.69, 9.17) is 32.7 Å². The standard InChI is InChI=1S/C14H19Cl2NO2/c1-14(5-4-6-19-14)13(17-2)9-7-11(16)12(18-3)8-10(9)15/h7-8,13,17H,4-6H2,1-3H3. The van der Waals surface area contributed by atoms with Gasteiger partial charge in [0.2, 0.25) is 0 Å². The highest BCUT2D eigenvalue weighted by molar-refractivity contribution is 6.34. The van der Waals surface area contributed by atoms with Gasteiger partial charge in [-0.2, -0.15) is 0 Å². The molecule has 0 radical (unpaired) electrons. The Morgan fingerprint density at radius 2 is 2.11 bits per heavy atom. The third kappa shape index (κ3) is 2.84. The summed E-state index contributed by atoms with van der Waals surface area (Å²) in [5.74, 6) is 0.586.